The van der Waals surface area contributed by atoms with Gasteiger partial charge in [-0.1, -0.05) is 0 Å². The first-order valence-corrected chi connectivity index (χ1v) is 6.86. The van der Waals surface area contributed by atoms with Gasteiger partial charge in [0.2, 0.25) is 0 Å². The SMILES string of the molecule is Cc1cc(=O)c2cc(C(=O)Nc3nccs3)ccc2[nH]1. The first-order chi connectivity index (χ1) is 9.63. The number of hydrogen-bond donors (Lipinski definition) is 2. The second kappa shape index (κ2) is 4.90. The van der Waals surface area contributed by atoms with Crippen LogP contribution in [0.15, 0.2) is 40.6 Å². The summed E-state index contributed by atoms with van der Waals surface area (Å²) in [6.45, 7) is 1.82. The number of nitrogens with zero attached hydrogens (tertiary/aromatic N) is 1. The minimum absolute atomic E-state index is 0.0971. The highest BCUT2D eigenvalue weighted by Crippen LogP contribution is 2.15. The van der Waals surface area contributed by atoms with Crippen LogP contribution in [0.3, 0.4) is 0 Å². The Hall–Kier alpha value is -2.47. The fourth-order valence-electron chi connectivity index (χ4n) is 1.98. The summed E-state index contributed by atoms with van der Waals surface area (Å²) < 4.78 is 0. The van der Waals surface area contributed by atoms with Crippen LogP contribution in [0.2, 0.25) is 0 Å². The topological polar surface area (TPSA) is 74.8 Å². The zero-order valence-electron chi connectivity index (χ0n) is 10.6. The molecule has 0 aliphatic carbocycles. The molecule has 2 aromatic heterocycles. The Morgan fingerprint density at radius 3 is 2.95 bits per heavy atom. The standard InChI is InChI=1S/C14H11N3O2S/c1-8-6-12(18)10-7-9(2-3-11(10)16-8)13(19)17-14-15-4-5-20-14/h2-7H,1H3,(H,16,18)(H,15,17,19). The molecule has 0 bridgehead atoms. The van der Waals surface area contributed by atoms with Crippen molar-refractivity contribution >= 4 is 33.3 Å². The average molecular weight is 285 g/mol. The molecular formula is C14H11N3O2S. The van der Waals surface area contributed by atoms with E-state index in [4.69, 9.17) is 0 Å². The molecule has 20 heavy (non-hydrogen) atoms. The van der Waals surface area contributed by atoms with Crippen molar-refractivity contribution in [3.05, 3.63) is 57.3 Å². The van der Waals surface area contributed by atoms with Crippen LogP contribution < -0.4 is 10.7 Å². The van der Waals surface area contributed by atoms with Crippen molar-refractivity contribution in [3.8, 4) is 0 Å². The summed E-state index contributed by atoms with van der Waals surface area (Å²) in [5, 5.41) is 5.51. The lowest BCUT2D eigenvalue weighted by Crippen LogP contribution is -2.12. The number of thiazole rings is 1. The van der Waals surface area contributed by atoms with Crippen LogP contribution in [0.1, 0.15) is 16.1 Å². The van der Waals surface area contributed by atoms with Gasteiger partial charge in [0.15, 0.2) is 10.6 Å². The number of nitrogens with one attached hydrogen (secondary N) is 2. The van der Waals surface area contributed by atoms with Crippen molar-refractivity contribution in [1.29, 1.82) is 0 Å². The van der Waals surface area contributed by atoms with Gasteiger partial charge in [-0.25, -0.2) is 4.98 Å². The molecule has 6 heteroatoms. The zero-order chi connectivity index (χ0) is 14.1. The number of rotatable bonds is 2. The number of aromatic amines is 1. The number of H-pyrrole nitrogens is 1. The third-order valence-electron chi connectivity index (χ3n) is 2.88. The number of hydrogen-bond acceptors (Lipinski definition) is 4. The summed E-state index contributed by atoms with van der Waals surface area (Å²) in [6, 6.07) is 6.53. The molecule has 2 heterocycles. The summed E-state index contributed by atoms with van der Waals surface area (Å²) in [7, 11) is 0. The molecule has 0 saturated heterocycles. The van der Waals surface area contributed by atoms with Gasteiger partial charge < -0.3 is 4.98 Å². The Morgan fingerprint density at radius 2 is 2.20 bits per heavy atom. The first kappa shape index (κ1) is 12.6. The van der Waals surface area contributed by atoms with Gasteiger partial charge in [0.1, 0.15) is 0 Å². The van der Waals surface area contributed by atoms with E-state index in [2.05, 4.69) is 15.3 Å². The molecule has 0 spiro atoms. The fraction of sp³-hybridized carbons (Fsp3) is 0.0714. The molecule has 1 aromatic carbocycles. The molecular weight excluding hydrogens is 274 g/mol. The Morgan fingerprint density at radius 1 is 1.35 bits per heavy atom. The van der Waals surface area contributed by atoms with E-state index >= 15 is 0 Å². The number of pyridine rings is 1. The molecule has 0 fully saturated rings. The minimum atomic E-state index is -0.276. The molecule has 0 radical (unpaired) electrons. The summed E-state index contributed by atoms with van der Waals surface area (Å²) in [6.07, 6.45) is 1.62. The highest BCUT2D eigenvalue weighted by molar-refractivity contribution is 7.13. The van der Waals surface area contributed by atoms with Crippen LogP contribution >= 0.6 is 11.3 Å². The maximum Gasteiger partial charge on any atom is 0.257 e. The van der Waals surface area contributed by atoms with Crippen LogP contribution in [0.25, 0.3) is 10.9 Å². The summed E-state index contributed by atoms with van der Waals surface area (Å²) in [5.74, 6) is -0.276. The van der Waals surface area contributed by atoms with Crippen LogP contribution in [-0.4, -0.2) is 15.9 Å². The van der Waals surface area contributed by atoms with E-state index in [1.54, 1.807) is 29.8 Å². The molecule has 2 N–H and O–H groups in total. The van der Waals surface area contributed by atoms with E-state index in [1.165, 1.54) is 17.4 Å². The smallest absolute Gasteiger partial charge is 0.257 e. The Labute approximate surface area is 118 Å². The summed E-state index contributed by atoms with van der Waals surface area (Å²) in [5.41, 5.74) is 1.85. The fourth-order valence-corrected chi connectivity index (χ4v) is 2.50. The number of fused-ring (bicyclic) bond motifs is 1. The van der Waals surface area contributed by atoms with Crippen LogP contribution in [0.5, 0.6) is 0 Å². The summed E-state index contributed by atoms with van der Waals surface area (Å²) in [4.78, 5) is 31.1. The van der Waals surface area contributed by atoms with Crippen molar-refractivity contribution in [2.24, 2.45) is 0 Å². The predicted molar refractivity (Wildman–Crippen MR) is 79.4 cm³/mol. The average Bonchev–Trinajstić information content (AvgIpc) is 2.91. The van der Waals surface area contributed by atoms with Gasteiger partial charge in [-0.3, -0.25) is 14.9 Å². The van der Waals surface area contributed by atoms with Crippen molar-refractivity contribution in [2.75, 3.05) is 5.32 Å². The Bertz CT molecular complexity index is 837. The van der Waals surface area contributed by atoms with Crippen LogP contribution in [0, 0.1) is 6.92 Å². The van der Waals surface area contributed by atoms with Gasteiger partial charge in [-0.15, -0.1) is 11.3 Å². The number of benzene rings is 1. The van der Waals surface area contributed by atoms with Gasteiger partial charge in [0.05, 0.1) is 0 Å². The maximum absolute atomic E-state index is 12.1. The van der Waals surface area contributed by atoms with Gasteiger partial charge >= 0.3 is 0 Å². The highest BCUT2D eigenvalue weighted by Gasteiger charge is 2.09. The number of aryl methyl sites for hydroxylation is 1. The van der Waals surface area contributed by atoms with Crippen molar-refractivity contribution < 1.29 is 4.79 Å². The molecule has 0 aliphatic heterocycles. The molecule has 0 atom stereocenters. The second-order valence-electron chi connectivity index (χ2n) is 4.37. The number of anilines is 1. The van der Waals surface area contributed by atoms with E-state index in [1.807, 2.05) is 6.92 Å². The van der Waals surface area contributed by atoms with Crippen LogP contribution in [0.4, 0.5) is 5.13 Å². The zero-order valence-corrected chi connectivity index (χ0v) is 11.5. The van der Waals surface area contributed by atoms with Gasteiger partial charge in [-0.05, 0) is 25.1 Å². The minimum Gasteiger partial charge on any atom is -0.358 e. The highest BCUT2D eigenvalue weighted by atomic mass is 32.1. The van der Waals surface area contributed by atoms with Gasteiger partial charge in [0, 0.05) is 39.8 Å². The number of amides is 1. The van der Waals surface area contributed by atoms with Crippen molar-refractivity contribution in [1.82, 2.24) is 9.97 Å². The molecule has 0 unspecified atom stereocenters. The second-order valence-corrected chi connectivity index (χ2v) is 5.26. The number of carbonyl (C=O) groups is 1. The van der Waals surface area contributed by atoms with Crippen LogP contribution in [-0.2, 0) is 0 Å². The number of aromatic nitrogens is 2. The lowest BCUT2D eigenvalue weighted by molar-refractivity contribution is 0.102. The number of carbonyl (C=O) groups excluding carboxylic acids is 1. The maximum atomic E-state index is 12.1. The normalized spacial score (nSPS) is 10.7. The van der Waals surface area contributed by atoms with Crippen molar-refractivity contribution in [2.45, 2.75) is 6.92 Å². The summed E-state index contributed by atoms with van der Waals surface area (Å²) >= 11 is 1.34. The first-order valence-electron chi connectivity index (χ1n) is 5.98. The van der Waals surface area contributed by atoms with E-state index in [0.29, 0.717) is 16.1 Å². The van der Waals surface area contributed by atoms with Crippen molar-refractivity contribution in [3.63, 3.8) is 0 Å². The molecule has 0 aliphatic rings. The Kier molecular flexibility index (Phi) is 3.08. The van der Waals surface area contributed by atoms with Gasteiger partial charge in [-0.2, -0.15) is 0 Å². The molecule has 5 nitrogen and oxygen atoms in total. The quantitative estimate of drug-likeness (QED) is 0.759. The molecule has 3 aromatic rings. The Balaban J connectivity index is 2.00. The molecule has 3 rings (SSSR count). The lowest BCUT2D eigenvalue weighted by atomic mass is 10.1. The van der Waals surface area contributed by atoms with Gasteiger partial charge in [0.25, 0.3) is 5.91 Å². The monoisotopic (exact) mass is 285 g/mol. The predicted octanol–water partition coefficient (Wildman–Crippen LogP) is 2.55. The van der Waals surface area contributed by atoms with E-state index < -0.39 is 0 Å². The molecule has 0 saturated carbocycles. The third kappa shape index (κ3) is 2.33. The largest absolute Gasteiger partial charge is 0.358 e. The molecule has 100 valence electrons. The van der Waals surface area contributed by atoms with E-state index in [9.17, 15) is 9.59 Å². The van der Waals surface area contributed by atoms with E-state index in [-0.39, 0.29) is 11.3 Å². The van der Waals surface area contributed by atoms with E-state index in [0.717, 1.165) is 11.2 Å². The molecule has 1 amide bonds. The lowest BCUT2D eigenvalue weighted by Gasteiger charge is -2.04. The third-order valence-corrected chi connectivity index (χ3v) is 3.57.